The topological polar surface area (TPSA) is 85.2 Å². The van der Waals surface area contributed by atoms with E-state index >= 15 is 0 Å². The molecule has 2 N–H and O–H groups in total. The molecule has 6 nitrogen and oxygen atoms in total. The zero-order valence-electron chi connectivity index (χ0n) is 12.5. The lowest BCUT2D eigenvalue weighted by atomic mass is 9.97. The molecule has 1 aliphatic carbocycles. The Morgan fingerprint density at radius 2 is 2.17 bits per heavy atom. The second-order valence-corrected chi connectivity index (χ2v) is 5.19. The van der Waals surface area contributed by atoms with Gasteiger partial charge in [0.1, 0.15) is 28.6 Å². The number of ketones is 1. The number of aromatic hydroxyl groups is 2. The van der Waals surface area contributed by atoms with Crippen LogP contribution in [0, 0.1) is 5.92 Å². The number of hydrogen-bond acceptors (Lipinski definition) is 6. The van der Waals surface area contributed by atoms with Crippen molar-refractivity contribution in [2.45, 2.75) is 6.42 Å². The SMILES string of the molecule is COc1cc(O)cc(O)c1C(=O)C=CC1C=CC2=C(C1)OCO2. The minimum absolute atomic E-state index is 0.00431. The highest BCUT2D eigenvalue weighted by Crippen LogP contribution is 2.34. The van der Waals surface area contributed by atoms with Crippen LogP contribution < -0.4 is 4.74 Å². The number of phenols is 2. The first-order chi connectivity index (χ1) is 11.1. The lowest BCUT2D eigenvalue weighted by molar-refractivity contribution is 0.0722. The van der Waals surface area contributed by atoms with Crippen molar-refractivity contribution in [3.63, 3.8) is 0 Å². The molecule has 0 radical (unpaired) electrons. The van der Waals surface area contributed by atoms with E-state index in [-0.39, 0.29) is 35.5 Å². The molecule has 1 unspecified atom stereocenters. The van der Waals surface area contributed by atoms with Gasteiger partial charge in [0.2, 0.25) is 6.79 Å². The van der Waals surface area contributed by atoms with E-state index in [1.807, 2.05) is 12.2 Å². The first kappa shape index (κ1) is 15.0. The van der Waals surface area contributed by atoms with Crippen molar-refractivity contribution in [3.8, 4) is 17.2 Å². The second-order valence-electron chi connectivity index (χ2n) is 5.19. The van der Waals surface area contributed by atoms with E-state index in [2.05, 4.69) is 0 Å². The molecule has 0 saturated carbocycles. The maximum Gasteiger partial charge on any atom is 0.230 e. The molecule has 3 rings (SSSR count). The lowest BCUT2D eigenvalue weighted by Crippen LogP contribution is -2.04. The third-order valence-electron chi connectivity index (χ3n) is 3.67. The molecular formula is C17H16O6. The van der Waals surface area contributed by atoms with Gasteiger partial charge in [0.25, 0.3) is 0 Å². The van der Waals surface area contributed by atoms with Crippen LogP contribution in [0.25, 0.3) is 0 Å². The third-order valence-corrected chi connectivity index (χ3v) is 3.67. The van der Waals surface area contributed by atoms with Crippen molar-refractivity contribution >= 4 is 5.78 Å². The number of carbonyl (C=O) groups is 1. The fraction of sp³-hybridized carbons (Fsp3) is 0.235. The van der Waals surface area contributed by atoms with E-state index in [1.165, 1.54) is 19.3 Å². The van der Waals surface area contributed by atoms with Gasteiger partial charge in [0.05, 0.1) is 7.11 Å². The molecule has 0 amide bonds. The Morgan fingerprint density at radius 1 is 1.35 bits per heavy atom. The van der Waals surface area contributed by atoms with Gasteiger partial charge in [-0.25, -0.2) is 0 Å². The molecule has 0 aromatic heterocycles. The smallest absolute Gasteiger partial charge is 0.230 e. The normalized spacial score (nSPS) is 19.4. The van der Waals surface area contributed by atoms with Crippen molar-refractivity contribution in [1.82, 2.24) is 0 Å². The summed E-state index contributed by atoms with van der Waals surface area (Å²) in [5.74, 6) is 0.731. The van der Waals surface area contributed by atoms with Gasteiger partial charge in [-0.05, 0) is 12.2 Å². The standard InChI is InChI=1S/C17H16O6/c1-21-16-8-11(18)7-13(20)17(16)12(19)4-2-10-3-5-14-15(6-10)23-9-22-14/h2-5,7-8,10,18,20H,6,9H2,1H3. The van der Waals surface area contributed by atoms with Crippen LogP contribution >= 0.6 is 0 Å². The van der Waals surface area contributed by atoms with Crippen molar-refractivity contribution < 1.29 is 29.2 Å². The average molecular weight is 316 g/mol. The molecule has 1 atom stereocenters. The highest BCUT2D eigenvalue weighted by molar-refractivity contribution is 6.08. The number of methoxy groups -OCH3 is 1. The van der Waals surface area contributed by atoms with Crippen LogP contribution in [0.1, 0.15) is 16.8 Å². The summed E-state index contributed by atoms with van der Waals surface area (Å²) in [5.41, 5.74) is 0.0155. The average Bonchev–Trinajstić information content (AvgIpc) is 2.99. The molecule has 1 aromatic rings. The van der Waals surface area contributed by atoms with Crippen LogP contribution in [-0.2, 0) is 9.47 Å². The van der Waals surface area contributed by atoms with Gasteiger partial charge in [-0.2, -0.15) is 0 Å². The molecule has 6 heteroatoms. The maximum atomic E-state index is 12.3. The highest BCUT2D eigenvalue weighted by atomic mass is 16.7. The minimum Gasteiger partial charge on any atom is -0.508 e. The molecule has 120 valence electrons. The Kier molecular flexibility index (Phi) is 3.97. The number of benzene rings is 1. The van der Waals surface area contributed by atoms with Gasteiger partial charge < -0.3 is 24.4 Å². The Hall–Kier alpha value is -2.89. The summed E-state index contributed by atoms with van der Waals surface area (Å²) in [5, 5.41) is 19.3. The van der Waals surface area contributed by atoms with Crippen molar-refractivity contribution in [2.24, 2.45) is 5.92 Å². The minimum atomic E-state index is -0.406. The van der Waals surface area contributed by atoms with Crippen LogP contribution in [0.3, 0.4) is 0 Å². The first-order valence-corrected chi connectivity index (χ1v) is 7.08. The van der Waals surface area contributed by atoms with Crippen LogP contribution in [0.15, 0.2) is 48.0 Å². The van der Waals surface area contributed by atoms with Gasteiger partial charge >= 0.3 is 0 Å². The summed E-state index contributed by atoms with van der Waals surface area (Å²) in [6.45, 7) is 0.225. The molecule has 0 spiro atoms. The van der Waals surface area contributed by atoms with Crippen LogP contribution in [-0.4, -0.2) is 29.9 Å². The zero-order valence-corrected chi connectivity index (χ0v) is 12.5. The molecule has 23 heavy (non-hydrogen) atoms. The van der Waals surface area contributed by atoms with E-state index in [0.29, 0.717) is 6.42 Å². The van der Waals surface area contributed by atoms with Crippen molar-refractivity contribution in [1.29, 1.82) is 0 Å². The predicted octanol–water partition coefficient (Wildman–Crippen LogP) is 2.64. The quantitative estimate of drug-likeness (QED) is 0.656. The fourth-order valence-electron chi connectivity index (χ4n) is 2.53. The van der Waals surface area contributed by atoms with E-state index in [9.17, 15) is 15.0 Å². The Balaban J connectivity index is 1.76. The number of hydrogen-bond donors (Lipinski definition) is 2. The number of phenolic OH excluding ortho intramolecular Hbond substituents is 2. The molecule has 0 saturated heterocycles. The zero-order chi connectivity index (χ0) is 16.4. The van der Waals surface area contributed by atoms with Gasteiger partial charge in [0, 0.05) is 24.5 Å². The predicted molar refractivity (Wildman–Crippen MR) is 81.1 cm³/mol. The molecule has 0 fully saturated rings. The number of ether oxygens (including phenoxy) is 3. The van der Waals surface area contributed by atoms with Crippen LogP contribution in [0.4, 0.5) is 0 Å². The first-order valence-electron chi connectivity index (χ1n) is 7.08. The van der Waals surface area contributed by atoms with Crippen LogP contribution in [0.2, 0.25) is 0 Å². The van der Waals surface area contributed by atoms with Gasteiger partial charge in [-0.15, -0.1) is 0 Å². The van der Waals surface area contributed by atoms with E-state index in [4.69, 9.17) is 14.2 Å². The molecule has 1 aliphatic heterocycles. The Morgan fingerprint density at radius 3 is 2.96 bits per heavy atom. The summed E-state index contributed by atoms with van der Waals surface area (Å²) in [6, 6.07) is 2.38. The van der Waals surface area contributed by atoms with E-state index < -0.39 is 5.78 Å². The third kappa shape index (κ3) is 3.01. The summed E-state index contributed by atoms with van der Waals surface area (Å²) in [6.07, 6.45) is 7.48. The van der Waals surface area contributed by atoms with Crippen LogP contribution in [0.5, 0.6) is 17.2 Å². The molecule has 0 bridgehead atoms. The lowest BCUT2D eigenvalue weighted by Gasteiger charge is -2.12. The molecule has 1 heterocycles. The second kappa shape index (κ2) is 6.08. The maximum absolute atomic E-state index is 12.3. The Labute approximate surface area is 132 Å². The molecule has 2 aliphatic rings. The monoisotopic (exact) mass is 316 g/mol. The highest BCUT2D eigenvalue weighted by Gasteiger charge is 2.22. The largest absolute Gasteiger partial charge is 0.508 e. The van der Waals surface area contributed by atoms with Crippen molar-refractivity contribution in [3.05, 3.63) is 53.5 Å². The molecule has 1 aromatic carbocycles. The van der Waals surface area contributed by atoms with Crippen molar-refractivity contribution in [2.75, 3.05) is 13.9 Å². The van der Waals surface area contributed by atoms with Gasteiger partial charge in [-0.1, -0.05) is 12.2 Å². The number of rotatable bonds is 4. The van der Waals surface area contributed by atoms with E-state index in [1.54, 1.807) is 6.08 Å². The summed E-state index contributed by atoms with van der Waals surface area (Å²) in [7, 11) is 1.37. The summed E-state index contributed by atoms with van der Waals surface area (Å²) >= 11 is 0. The summed E-state index contributed by atoms with van der Waals surface area (Å²) in [4.78, 5) is 12.3. The van der Waals surface area contributed by atoms with Gasteiger partial charge in [-0.3, -0.25) is 4.79 Å². The molecular weight excluding hydrogens is 300 g/mol. The van der Waals surface area contributed by atoms with E-state index in [0.717, 1.165) is 17.6 Å². The summed E-state index contributed by atoms with van der Waals surface area (Å²) < 4.78 is 15.7. The number of allylic oxidation sites excluding steroid dienone is 5. The van der Waals surface area contributed by atoms with Gasteiger partial charge in [0.15, 0.2) is 11.5 Å². The fourth-order valence-corrected chi connectivity index (χ4v) is 2.53. The Bertz CT molecular complexity index is 729. The number of carbonyl (C=O) groups excluding carboxylic acids is 1.